The number of methoxy groups -OCH3 is 1. The molecule has 3 N–H and O–H groups in total. The Morgan fingerprint density at radius 2 is 2.16 bits per heavy atom. The molecule has 0 aliphatic heterocycles. The van der Waals surface area contributed by atoms with Gasteiger partial charge in [-0.05, 0) is 19.4 Å². The van der Waals surface area contributed by atoms with Gasteiger partial charge in [0.25, 0.3) is 11.5 Å². The second-order valence-electron chi connectivity index (χ2n) is 5.53. The fourth-order valence-corrected chi connectivity index (χ4v) is 2.50. The number of H-pyrrole nitrogens is 1. The lowest BCUT2D eigenvalue weighted by molar-refractivity contribution is 0.0948. The number of furan rings is 1. The van der Waals surface area contributed by atoms with Crippen LogP contribution in [0.25, 0.3) is 0 Å². The van der Waals surface area contributed by atoms with Crippen LogP contribution in [0, 0.1) is 6.92 Å². The van der Waals surface area contributed by atoms with Crippen molar-refractivity contribution in [2.45, 2.75) is 26.8 Å². The third-order valence-corrected chi connectivity index (χ3v) is 3.75. The highest BCUT2D eigenvalue weighted by Gasteiger charge is 2.27. The van der Waals surface area contributed by atoms with Crippen LogP contribution in [0.1, 0.15) is 29.5 Å². The molecular weight excluding hydrogens is 328 g/mol. The SMILES string of the molecule is CCCn1c(N)c(N(CCOC)C(=O)c2occc2C)c(=O)[nH]c1=O. The predicted octanol–water partition coefficient (Wildman–Crippen LogP) is 0.723. The Morgan fingerprint density at radius 3 is 2.72 bits per heavy atom. The van der Waals surface area contributed by atoms with E-state index in [1.165, 1.54) is 22.8 Å². The highest BCUT2D eigenvalue weighted by atomic mass is 16.5. The lowest BCUT2D eigenvalue weighted by Crippen LogP contribution is -2.42. The molecule has 2 aromatic heterocycles. The van der Waals surface area contributed by atoms with Gasteiger partial charge in [0.1, 0.15) is 5.82 Å². The molecule has 9 heteroatoms. The van der Waals surface area contributed by atoms with E-state index in [4.69, 9.17) is 14.9 Å². The average molecular weight is 350 g/mol. The van der Waals surface area contributed by atoms with E-state index >= 15 is 0 Å². The number of nitrogen functional groups attached to an aromatic ring is 1. The summed E-state index contributed by atoms with van der Waals surface area (Å²) in [5.41, 5.74) is 5.25. The number of carbonyl (C=O) groups is 1. The van der Waals surface area contributed by atoms with E-state index < -0.39 is 17.2 Å². The van der Waals surface area contributed by atoms with Crippen LogP contribution < -0.4 is 21.9 Å². The number of rotatable bonds is 7. The van der Waals surface area contributed by atoms with Crippen LogP contribution in [0.5, 0.6) is 0 Å². The van der Waals surface area contributed by atoms with E-state index in [0.29, 0.717) is 18.5 Å². The van der Waals surface area contributed by atoms with E-state index in [0.717, 1.165) is 0 Å². The van der Waals surface area contributed by atoms with Gasteiger partial charge in [-0.3, -0.25) is 24.0 Å². The van der Waals surface area contributed by atoms with E-state index in [1.54, 1.807) is 13.0 Å². The monoisotopic (exact) mass is 350 g/mol. The van der Waals surface area contributed by atoms with Crippen molar-refractivity contribution in [3.05, 3.63) is 44.5 Å². The molecule has 2 aromatic rings. The summed E-state index contributed by atoms with van der Waals surface area (Å²) in [6.45, 7) is 4.17. The number of anilines is 2. The second-order valence-corrected chi connectivity index (χ2v) is 5.53. The molecule has 136 valence electrons. The quantitative estimate of drug-likeness (QED) is 0.758. The zero-order valence-corrected chi connectivity index (χ0v) is 14.5. The van der Waals surface area contributed by atoms with Crippen LogP contribution in [-0.4, -0.2) is 35.7 Å². The molecule has 0 radical (unpaired) electrons. The van der Waals surface area contributed by atoms with Crippen molar-refractivity contribution < 1.29 is 13.9 Å². The van der Waals surface area contributed by atoms with Crippen LogP contribution in [0.2, 0.25) is 0 Å². The van der Waals surface area contributed by atoms with Crippen molar-refractivity contribution in [1.29, 1.82) is 0 Å². The van der Waals surface area contributed by atoms with Gasteiger partial charge < -0.3 is 14.9 Å². The molecule has 9 nitrogen and oxygen atoms in total. The fourth-order valence-electron chi connectivity index (χ4n) is 2.50. The first-order valence-corrected chi connectivity index (χ1v) is 7.89. The molecule has 0 bridgehead atoms. The topological polar surface area (TPSA) is 124 Å². The number of aromatic nitrogens is 2. The van der Waals surface area contributed by atoms with Gasteiger partial charge in [-0.2, -0.15) is 0 Å². The third-order valence-electron chi connectivity index (χ3n) is 3.75. The normalized spacial score (nSPS) is 10.8. The first-order chi connectivity index (χ1) is 11.9. The Hall–Kier alpha value is -2.81. The van der Waals surface area contributed by atoms with Crippen LogP contribution in [0.15, 0.2) is 26.3 Å². The van der Waals surface area contributed by atoms with Crippen molar-refractivity contribution in [2.24, 2.45) is 0 Å². The number of aryl methyl sites for hydroxylation is 1. The largest absolute Gasteiger partial charge is 0.459 e. The third kappa shape index (κ3) is 3.66. The number of nitrogens with two attached hydrogens (primary N) is 1. The highest BCUT2D eigenvalue weighted by molar-refractivity contribution is 6.06. The van der Waals surface area contributed by atoms with E-state index in [-0.39, 0.29) is 30.4 Å². The number of nitrogens with one attached hydrogen (secondary N) is 1. The van der Waals surface area contributed by atoms with Crippen LogP contribution >= 0.6 is 0 Å². The molecule has 2 heterocycles. The molecule has 0 aromatic carbocycles. The van der Waals surface area contributed by atoms with Gasteiger partial charge in [-0.1, -0.05) is 6.92 Å². The van der Waals surface area contributed by atoms with Crippen molar-refractivity contribution >= 4 is 17.4 Å². The molecule has 0 unspecified atom stereocenters. The standard InChI is InChI=1S/C16H22N4O5/c1-4-6-20-13(17)11(14(21)18-16(20)23)19(7-9-24-3)15(22)12-10(2)5-8-25-12/h5,8H,4,6-7,9,17H2,1-3H3,(H,18,21,23). The van der Waals surface area contributed by atoms with Gasteiger partial charge in [0, 0.05) is 19.2 Å². The van der Waals surface area contributed by atoms with Crippen molar-refractivity contribution in [3.63, 3.8) is 0 Å². The number of nitrogens with zero attached hydrogens (tertiary/aromatic N) is 2. The van der Waals surface area contributed by atoms with Gasteiger partial charge in [0.15, 0.2) is 11.4 Å². The van der Waals surface area contributed by atoms with E-state index in [2.05, 4.69) is 4.98 Å². The van der Waals surface area contributed by atoms with E-state index in [9.17, 15) is 14.4 Å². The molecule has 25 heavy (non-hydrogen) atoms. The number of aromatic amines is 1. The van der Waals surface area contributed by atoms with Crippen molar-refractivity contribution in [2.75, 3.05) is 30.9 Å². The summed E-state index contributed by atoms with van der Waals surface area (Å²) in [6.07, 6.45) is 2.03. The summed E-state index contributed by atoms with van der Waals surface area (Å²) < 4.78 is 11.5. The highest BCUT2D eigenvalue weighted by Crippen LogP contribution is 2.21. The zero-order valence-electron chi connectivity index (χ0n) is 14.5. The van der Waals surface area contributed by atoms with Crippen molar-refractivity contribution in [3.8, 4) is 0 Å². The lowest BCUT2D eigenvalue weighted by atomic mass is 10.2. The number of hydrogen-bond acceptors (Lipinski definition) is 6. The summed E-state index contributed by atoms with van der Waals surface area (Å²) in [5.74, 6) is -0.495. The van der Waals surface area contributed by atoms with Crippen molar-refractivity contribution in [1.82, 2.24) is 9.55 Å². The smallest absolute Gasteiger partial charge is 0.330 e. The fraction of sp³-hybridized carbons (Fsp3) is 0.438. The van der Waals surface area contributed by atoms with Crippen LogP contribution in [0.3, 0.4) is 0 Å². The van der Waals surface area contributed by atoms with Gasteiger partial charge >= 0.3 is 5.69 Å². The number of ether oxygens (including phenoxy) is 1. The summed E-state index contributed by atoms with van der Waals surface area (Å²) >= 11 is 0. The average Bonchev–Trinajstić information content (AvgIpc) is 2.99. The molecule has 0 spiro atoms. The maximum Gasteiger partial charge on any atom is 0.330 e. The summed E-state index contributed by atoms with van der Waals surface area (Å²) in [6, 6.07) is 1.65. The molecule has 0 atom stereocenters. The first-order valence-electron chi connectivity index (χ1n) is 7.89. The number of carbonyl (C=O) groups excluding carboxylic acids is 1. The number of amides is 1. The Bertz CT molecular complexity index is 864. The molecular formula is C16H22N4O5. The maximum absolute atomic E-state index is 12.9. The second kappa shape index (κ2) is 7.84. The molecule has 0 saturated heterocycles. The van der Waals surface area contributed by atoms with Gasteiger partial charge in [0.05, 0.1) is 19.4 Å². The van der Waals surface area contributed by atoms with Crippen LogP contribution in [-0.2, 0) is 11.3 Å². The molecule has 0 fully saturated rings. The van der Waals surface area contributed by atoms with Crippen LogP contribution in [0.4, 0.5) is 11.5 Å². The zero-order chi connectivity index (χ0) is 18.6. The molecule has 0 aliphatic rings. The Labute approximate surface area is 144 Å². The number of hydrogen-bond donors (Lipinski definition) is 2. The summed E-state index contributed by atoms with van der Waals surface area (Å²) in [5, 5.41) is 0. The Morgan fingerprint density at radius 1 is 1.44 bits per heavy atom. The van der Waals surface area contributed by atoms with E-state index in [1.807, 2.05) is 6.92 Å². The molecule has 0 aliphatic carbocycles. The summed E-state index contributed by atoms with van der Waals surface area (Å²) in [4.78, 5) is 40.6. The Kier molecular flexibility index (Phi) is 5.81. The Balaban J connectivity index is 2.61. The maximum atomic E-state index is 12.9. The predicted molar refractivity (Wildman–Crippen MR) is 93.0 cm³/mol. The minimum Gasteiger partial charge on any atom is -0.459 e. The minimum atomic E-state index is -0.733. The molecule has 0 saturated carbocycles. The van der Waals surface area contributed by atoms with Gasteiger partial charge in [0.2, 0.25) is 0 Å². The molecule has 1 amide bonds. The first kappa shape index (κ1) is 18.5. The summed E-state index contributed by atoms with van der Waals surface area (Å²) in [7, 11) is 1.48. The molecule has 2 rings (SSSR count). The lowest BCUT2D eigenvalue weighted by Gasteiger charge is -2.23. The minimum absolute atomic E-state index is 0.0655. The van der Waals surface area contributed by atoms with Gasteiger partial charge in [-0.25, -0.2) is 4.79 Å². The van der Waals surface area contributed by atoms with Gasteiger partial charge in [-0.15, -0.1) is 0 Å².